The molecule has 0 spiro atoms. The van der Waals surface area contributed by atoms with Gasteiger partial charge in [-0.25, -0.2) is 4.39 Å². The fourth-order valence-corrected chi connectivity index (χ4v) is 12.7. The van der Waals surface area contributed by atoms with Crippen molar-refractivity contribution in [2.75, 3.05) is 19.8 Å². The quantitative estimate of drug-likeness (QED) is 0.0423. The summed E-state index contributed by atoms with van der Waals surface area (Å²) in [7, 11) is 0. The second-order valence-electron chi connectivity index (χ2n) is 16.2. The molecule has 0 saturated heterocycles. The Morgan fingerprint density at radius 2 is 0.948 bits per heavy atom. The predicted molar refractivity (Wildman–Crippen MR) is 257 cm³/mol. The molecule has 0 unspecified atom stereocenters. The number of aryl methyl sites for hydroxylation is 2. The van der Waals surface area contributed by atoms with Crippen molar-refractivity contribution in [1.29, 1.82) is 0 Å². The van der Waals surface area contributed by atoms with E-state index in [4.69, 9.17) is 14.2 Å². The minimum absolute atomic E-state index is 0.204. The summed E-state index contributed by atoms with van der Waals surface area (Å²) in [6.45, 7) is 13.0. The van der Waals surface area contributed by atoms with Gasteiger partial charge in [-0.3, -0.25) is 0 Å². The fraction of sp³-hybridized carbons (Fsp3) is 0.520. The smallest absolute Gasteiger partial charge is 0.211 e. The summed E-state index contributed by atoms with van der Waals surface area (Å²) in [4.78, 5) is 4.55. The third kappa shape index (κ3) is 9.99. The summed E-state index contributed by atoms with van der Waals surface area (Å²) in [5.41, 5.74) is 0. The fourth-order valence-electron chi connectivity index (χ4n) is 8.29. The molecule has 312 valence electrons. The van der Waals surface area contributed by atoms with Crippen LogP contribution in [0.1, 0.15) is 146 Å². The van der Waals surface area contributed by atoms with E-state index in [9.17, 15) is 0 Å². The summed E-state index contributed by atoms with van der Waals surface area (Å²) in [6, 6.07) is 13.9. The number of rotatable bonds is 25. The Morgan fingerprint density at radius 3 is 1.50 bits per heavy atom. The van der Waals surface area contributed by atoms with Gasteiger partial charge in [-0.05, 0) is 80.3 Å². The molecule has 0 atom stereocenters. The molecular weight excluding hydrogens is 796 g/mol. The Bertz CT molecular complexity index is 2300. The second kappa shape index (κ2) is 21.1. The zero-order valence-electron chi connectivity index (χ0n) is 35.5. The number of benzene rings is 3. The van der Waals surface area contributed by atoms with Crippen molar-refractivity contribution < 1.29 is 18.6 Å². The predicted octanol–water partition coefficient (Wildman–Crippen LogP) is 18.3. The first-order valence-corrected chi connectivity index (χ1v) is 25.7. The highest BCUT2D eigenvalue weighted by atomic mass is 32.1. The highest BCUT2D eigenvalue weighted by Crippen LogP contribution is 2.52. The van der Waals surface area contributed by atoms with Gasteiger partial charge >= 0.3 is 0 Å². The van der Waals surface area contributed by atoms with E-state index in [0.717, 1.165) is 83.4 Å². The van der Waals surface area contributed by atoms with Crippen LogP contribution in [0.3, 0.4) is 0 Å². The van der Waals surface area contributed by atoms with Gasteiger partial charge in [0.25, 0.3) is 0 Å². The molecule has 7 aromatic rings. The van der Waals surface area contributed by atoms with Crippen molar-refractivity contribution in [1.82, 2.24) is 0 Å². The van der Waals surface area contributed by atoms with Crippen molar-refractivity contribution in [3.63, 3.8) is 0 Å². The Balaban J connectivity index is 1.27. The number of hydrogen-bond acceptors (Lipinski definition) is 7. The Morgan fingerprint density at radius 1 is 0.483 bits per heavy atom. The maximum Gasteiger partial charge on any atom is 0.211 e. The largest absolute Gasteiger partial charge is 0.492 e. The summed E-state index contributed by atoms with van der Waals surface area (Å²) < 4.78 is 39.6. The molecule has 58 heavy (non-hydrogen) atoms. The van der Waals surface area contributed by atoms with E-state index in [1.165, 1.54) is 121 Å². The number of ether oxygens (including phenoxy) is 3. The minimum atomic E-state index is -0.204. The Labute approximate surface area is 361 Å². The van der Waals surface area contributed by atoms with Crippen LogP contribution in [0.5, 0.6) is 16.6 Å². The number of halogens is 1. The van der Waals surface area contributed by atoms with Gasteiger partial charge < -0.3 is 14.2 Å². The van der Waals surface area contributed by atoms with E-state index in [1.807, 2.05) is 11.3 Å². The van der Waals surface area contributed by atoms with Gasteiger partial charge in [0.1, 0.15) is 11.5 Å². The normalized spacial score (nSPS) is 12.0. The lowest BCUT2D eigenvalue weighted by Crippen LogP contribution is -2.02. The van der Waals surface area contributed by atoms with Gasteiger partial charge in [0.2, 0.25) is 5.06 Å². The maximum atomic E-state index is 16.3. The second-order valence-corrected chi connectivity index (χ2v) is 20.8. The summed E-state index contributed by atoms with van der Waals surface area (Å²) in [5.74, 6) is 1.71. The molecule has 0 aliphatic carbocycles. The Hall–Kier alpha value is -2.91. The lowest BCUT2D eigenvalue weighted by molar-refractivity contribution is 0.300. The highest BCUT2D eigenvalue weighted by molar-refractivity contribution is 7.30. The van der Waals surface area contributed by atoms with Crippen LogP contribution in [0.4, 0.5) is 4.39 Å². The van der Waals surface area contributed by atoms with Crippen molar-refractivity contribution in [2.24, 2.45) is 0 Å². The molecule has 0 radical (unpaired) electrons. The standard InChI is InChI=1S/C50H63FO3S4/c1-6-9-12-15-18-21-24-52-46-37-28-35-27-33(4)55-41(35)31-39(37)47(53-25-22-19-16-13-10-7-2)38-29-36-30-43(57-42(36)32-40(38)46)49-44-45(51)50(58-48(44)34(5)56-49)54-26-23-20-17-14-11-8-3/h27-32H,6-26H2,1-5H3. The third-order valence-electron chi connectivity index (χ3n) is 11.5. The van der Waals surface area contributed by atoms with Crippen LogP contribution in [0, 0.1) is 19.7 Å². The molecule has 0 aliphatic rings. The van der Waals surface area contributed by atoms with Crippen LogP contribution in [0.2, 0.25) is 0 Å². The molecule has 0 amide bonds. The van der Waals surface area contributed by atoms with Crippen molar-refractivity contribution in [3.8, 4) is 26.3 Å². The van der Waals surface area contributed by atoms with Gasteiger partial charge in [0, 0.05) is 45.6 Å². The topological polar surface area (TPSA) is 27.7 Å². The lowest BCUT2D eigenvalue weighted by atomic mass is 9.98. The molecule has 3 nitrogen and oxygen atoms in total. The first-order chi connectivity index (χ1) is 28.4. The van der Waals surface area contributed by atoms with E-state index in [2.05, 4.69) is 71.0 Å². The van der Waals surface area contributed by atoms with Crippen LogP contribution >= 0.6 is 45.3 Å². The molecule has 0 aliphatic heterocycles. The average molecular weight is 859 g/mol. The minimum Gasteiger partial charge on any atom is -0.492 e. The Kier molecular flexibility index (Phi) is 15.7. The monoisotopic (exact) mass is 858 g/mol. The molecule has 4 heterocycles. The van der Waals surface area contributed by atoms with Crippen LogP contribution in [0.25, 0.3) is 61.6 Å². The molecule has 3 aromatic carbocycles. The molecule has 4 aromatic heterocycles. The number of unbranched alkanes of at least 4 members (excludes halogenated alkanes) is 15. The van der Waals surface area contributed by atoms with Crippen molar-refractivity contribution in [2.45, 2.75) is 150 Å². The summed E-state index contributed by atoms with van der Waals surface area (Å²) in [6.07, 6.45) is 21.8. The molecule has 8 heteroatoms. The van der Waals surface area contributed by atoms with E-state index < -0.39 is 0 Å². The number of fused-ring (bicyclic) bond motifs is 5. The van der Waals surface area contributed by atoms with Crippen LogP contribution < -0.4 is 14.2 Å². The summed E-state index contributed by atoms with van der Waals surface area (Å²) >= 11 is 6.76. The van der Waals surface area contributed by atoms with Gasteiger partial charge in [0.05, 0.1) is 34.8 Å². The highest BCUT2D eigenvalue weighted by Gasteiger charge is 2.25. The number of hydrogen-bond donors (Lipinski definition) is 0. The molecule has 0 bridgehead atoms. The lowest BCUT2D eigenvalue weighted by Gasteiger charge is -2.19. The molecular formula is C50H63FO3S4. The molecule has 0 fully saturated rings. The van der Waals surface area contributed by atoms with E-state index in [-0.39, 0.29) is 5.82 Å². The zero-order chi connectivity index (χ0) is 40.4. The third-order valence-corrected chi connectivity index (χ3v) is 16.2. The van der Waals surface area contributed by atoms with Gasteiger partial charge in [-0.2, -0.15) is 0 Å². The summed E-state index contributed by atoms with van der Waals surface area (Å²) in [5, 5.41) is 8.01. The van der Waals surface area contributed by atoms with Gasteiger partial charge in [-0.1, -0.05) is 128 Å². The van der Waals surface area contributed by atoms with E-state index in [1.54, 1.807) is 22.7 Å². The van der Waals surface area contributed by atoms with E-state index >= 15 is 4.39 Å². The average Bonchev–Trinajstić information content (AvgIpc) is 3.97. The van der Waals surface area contributed by atoms with Crippen LogP contribution in [-0.2, 0) is 0 Å². The maximum absolute atomic E-state index is 16.3. The van der Waals surface area contributed by atoms with Crippen LogP contribution in [0.15, 0.2) is 36.4 Å². The molecule has 0 saturated carbocycles. The first kappa shape index (κ1) is 43.2. The first-order valence-electron chi connectivity index (χ1n) is 22.4. The van der Waals surface area contributed by atoms with Crippen LogP contribution in [-0.4, -0.2) is 19.8 Å². The SMILES string of the molecule is CCCCCCCCOc1sc2c(C)sc(-c3cc4cc5c(OCCCCCCCC)c6cc7sc(C)cc7cc6c(OCCCCCCCC)c5cc4s3)c2c1F. The van der Waals surface area contributed by atoms with Gasteiger partial charge in [-0.15, -0.1) is 34.0 Å². The van der Waals surface area contributed by atoms with E-state index in [0.29, 0.717) is 30.3 Å². The zero-order valence-corrected chi connectivity index (χ0v) is 38.8. The van der Waals surface area contributed by atoms with Crippen molar-refractivity contribution in [3.05, 3.63) is 52.0 Å². The van der Waals surface area contributed by atoms with Gasteiger partial charge in [0.15, 0.2) is 5.82 Å². The molecule has 0 N–H and O–H groups in total. The van der Waals surface area contributed by atoms with Crippen molar-refractivity contribution >= 4 is 97.2 Å². The molecule has 7 rings (SSSR count). The number of thiophene rings is 4.